The number of benzene rings is 2. The maximum Gasteiger partial charge on any atom is 0.387 e. The van der Waals surface area contributed by atoms with Crippen LogP contribution in [-0.4, -0.2) is 24.9 Å². The summed E-state index contributed by atoms with van der Waals surface area (Å²) >= 11 is 1.44. The lowest BCUT2D eigenvalue weighted by molar-refractivity contribution is -0.115. The number of carbonyl (C=O) groups is 1. The van der Waals surface area contributed by atoms with Crippen molar-refractivity contribution < 1.29 is 23.0 Å². The van der Waals surface area contributed by atoms with E-state index in [1.165, 1.54) is 24.9 Å². The van der Waals surface area contributed by atoms with Gasteiger partial charge >= 0.3 is 6.61 Å². The summed E-state index contributed by atoms with van der Waals surface area (Å²) in [7, 11) is 1.39. The quantitative estimate of drug-likeness (QED) is 0.743. The van der Waals surface area contributed by atoms with Crippen LogP contribution >= 0.6 is 11.8 Å². The molecule has 0 saturated carbocycles. The number of halogens is 2. The fraction of sp³-hybridized carbons (Fsp3) is 0.278. The van der Waals surface area contributed by atoms with E-state index in [1.54, 1.807) is 12.1 Å². The van der Waals surface area contributed by atoms with Crippen molar-refractivity contribution in [1.29, 1.82) is 0 Å². The zero-order valence-electron chi connectivity index (χ0n) is 13.9. The molecule has 0 fully saturated rings. The Bertz CT molecular complexity index is 698. The molecule has 2 aromatic rings. The summed E-state index contributed by atoms with van der Waals surface area (Å²) in [6, 6.07) is 14.0. The van der Waals surface area contributed by atoms with Crippen LogP contribution in [0.4, 0.5) is 14.5 Å². The molecule has 2 rings (SSSR count). The maximum absolute atomic E-state index is 12.3. The molecule has 0 aliphatic heterocycles. The average Bonchev–Trinajstić information content (AvgIpc) is 2.60. The van der Waals surface area contributed by atoms with Gasteiger partial charge in [0.2, 0.25) is 5.91 Å². The highest BCUT2D eigenvalue weighted by molar-refractivity contribution is 7.99. The Morgan fingerprint density at radius 3 is 2.52 bits per heavy atom. The second-order valence-electron chi connectivity index (χ2n) is 5.17. The van der Waals surface area contributed by atoms with Crippen molar-refractivity contribution in [1.82, 2.24) is 0 Å². The topological polar surface area (TPSA) is 47.6 Å². The van der Waals surface area contributed by atoms with Crippen LogP contribution in [0.25, 0.3) is 0 Å². The van der Waals surface area contributed by atoms with Crippen molar-refractivity contribution in [2.45, 2.75) is 24.5 Å². The third-order valence-electron chi connectivity index (χ3n) is 3.35. The van der Waals surface area contributed by atoms with Gasteiger partial charge in [0.15, 0.2) is 11.5 Å². The lowest BCUT2D eigenvalue weighted by atomic mass is 10.2. The van der Waals surface area contributed by atoms with Gasteiger partial charge in [-0.3, -0.25) is 4.79 Å². The molecule has 1 N–H and O–H groups in total. The maximum atomic E-state index is 12.3. The molecule has 1 amide bonds. The van der Waals surface area contributed by atoms with Gasteiger partial charge in [-0.2, -0.15) is 8.78 Å². The van der Waals surface area contributed by atoms with Gasteiger partial charge < -0.3 is 14.8 Å². The Balaban J connectivity index is 1.92. The van der Waals surface area contributed by atoms with Gasteiger partial charge in [0.05, 0.1) is 12.4 Å². The number of hydrogen-bond acceptors (Lipinski definition) is 4. The van der Waals surface area contributed by atoms with Gasteiger partial charge in [0.1, 0.15) is 0 Å². The first-order valence-corrected chi connectivity index (χ1v) is 8.63. The van der Waals surface area contributed by atoms with Crippen molar-refractivity contribution in [3.05, 3.63) is 54.1 Å². The number of thioether (sulfide) groups is 1. The molecule has 7 heteroatoms. The molecule has 0 aromatic heterocycles. The van der Waals surface area contributed by atoms with Gasteiger partial charge in [-0.15, -0.1) is 11.8 Å². The van der Waals surface area contributed by atoms with E-state index in [2.05, 4.69) is 10.1 Å². The highest BCUT2D eigenvalue weighted by atomic mass is 32.2. The molecule has 0 spiro atoms. The van der Waals surface area contributed by atoms with Gasteiger partial charge in [0.25, 0.3) is 0 Å². The SMILES string of the molecule is COc1cc(CSC(C)C(=O)Nc2ccccc2)ccc1OC(F)F. The Kier molecular flexibility index (Phi) is 7.06. The number of rotatable bonds is 8. The number of amides is 1. The van der Waals surface area contributed by atoms with Crippen LogP contribution in [0, 0.1) is 0 Å². The van der Waals surface area contributed by atoms with Crippen LogP contribution in [0.15, 0.2) is 48.5 Å². The molecule has 4 nitrogen and oxygen atoms in total. The van der Waals surface area contributed by atoms with E-state index in [9.17, 15) is 13.6 Å². The van der Waals surface area contributed by atoms with Crippen LogP contribution in [0.2, 0.25) is 0 Å². The van der Waals surface area contributed by atoms with Crippen LogP contribution in [0.3, 0.4) is 0 Å². The summed E-state index contributed by atoms with van der Waals surface area (Å²) < 4.78 is 34.1. The van der Waals surface area contributed by atoms with Gasteiger partial charge in [-0.05, 0) is 36.8 Å². The molecule has 1 unspecified atom stereocenters. The number of nitrogens with one attached hydrogen (secondary N) is 1. The van der Waals surface area contributed by atoms with E-state index in [0.29, 0.717) is 5.75 Å². The minimum absolute atomic E-state index is 0.0129. The number of carbonyl (C=O) groups excluding carboxylic acids is 1. The first-order valence-electron chi connectivity index (χ1n) is 7.59. The highest BCUT2D eigenvalue weighted by Crippen LogP contribution is 2.31. The Labute approximate surface area is 149 Å². The fourth-order valence-electron chi connectivity index (χ4n) is 2.06. The summed E-state index contributed by atoms with van der Waals surface area (Å²) in [5.74, 6) is 0.663. The van der Waals surface area contributed by atoms with E-state index in [1.807, 2.05) is 37.3 Å². The lowest BCUT2D eigenvalue weighted by Crippen LogP contribution is -2.22. The first-order chi connectivity index (χ1) is 12.0. The van der Waals surface area contributed by atoms with Crippen LogP contribution in [0.1, 0.15) is 12.5 Å². The molecule has 0 aliphatic carbocycles. The van der Waals surface area contributed by atoms with Gasteiger partial charge in [-0.1, -0.05) is 24.3 Å². The number of alkyl halides is 2. The summed E-state index contributed by atoms with van der Waals surface area (Å²) in [6.45, 7) is -1.09. The number of ether oxygens (including phenoxy) is 2. The van der Waals surface area contributed by atoms with Crippen molar-refractivity contribution >= 4 is 23.4 Å². The van der Waals surface area contributed by atoms with E-state index < -0.39 is 6.61 Å². The molecule has 25 heavy (non-hydrogen) atoms. The highest BCUT2D eigenvalue weighted by Gasteiger charge is 2.15. The standard InChI is InChI=1S/C18H19F2NO3S/c1-12(17(22)21-14-6-4-3-5-7-14)25-11-13-8-9-15(24-18(19)20)16(10-13)23-2/h3-10,12,18H,11H2,1-2H3,(H,21,22). The monoisotopic (exact) mass is 367 g/mol. The molecular formula is C18H19F2NO3S. The minimum atomic E-state index is -2.91. The lowest BCUT2D eigenvalue weighted by Gasteiger charge is -2.14. The predicted molar refractivity (Wildman–Crippen MR) is 95.5 cm³/mol. The second-order valence-corrected chi connectivity index (χ2v) is 6.50. The number of hydrogen-bond donors (Lipinski definition) is 1. The predicted octanol–water partition coefficient (Wildman–Crippen LogP) is 4.56. The minimum Gasteiger partial charge on any atom is -0.493 e. The van der Waals surface area contributed by atoms with Crippen molar-refractivity contribution in [2.24, 2.45) is 0 Å². The molecule has 0 saturated heterocycles. The molecule has 0 bridgehead atoms. The largest absolute Gasteiger partial charge is 0.493 e. The molecule has 134 valence electrons. The molecular weight excluding hydrogens is 348 g/mol. The first kappa shape index (κ1) is 19.1. The summed E-state index contributed by atoms with van der Waals surface area (Å²) in [4.78, 5) is 12.2. The van der Waals surface area contributed by atoms with E-state index in [-0.39, 0.29) is 22.7 Å². The fourth-order valence-corrected chi connectivity index (χ4v) is 2.89. The van der Waals surface area contributed by atoms with Crippen LogP contribution < -0.4 is 14.8 Å². The van der Waals surface area contributed by atoms with Gasteiger partial charge in [-0.25, -0.2) is 0 Å². The van der Waals surface area contributed by atoms with E-state index >= 15 is 0 Å². The average molecular weight is 367 g/mol. The van der Waals surface area contributed by atoms with Gasteiger partial charge in [0, 0.05) is 11.4 Å². The second kappa shape index (κ2) is 9.27. The molecule has 1 atom stereocenters. The van der Waals surface area contributed by atoms with E-state index in [4.69, 9.17) is 4.74 Å². The summed E-state index contributed by atoms with van der Waals surface area (Å²) in [5, 5.41) is 2.57. The molecule has 0 heterocycles. The number of para-hydroxylation sites is 1. The zero-order valence-corrected chi connectivity index (χ0v) is 14.7. The molecule has 2 aromatic carbocycles. The number of methoxy groups -OCH3 is 1. The Morgan fingerprint density at radius 2 is 1.88 bits per heavy atom. The molecule has 0 radical (unpaired) electrons. The van der Waals surface area contributed by atoms with E-state index in [0.717, 1.165) is 11.3 Å². The van der Waals surface area contributed by atoms with Crippen molar-refractivity contribution in [3.63, 3.8) is 0 Å². The number of anilines is 1. The Hall–Kier alpha value is -2.28. The molecule has 0 aliphatic rings. The third-order valence-corrected chi connectivity index (χ3v) is 4.57. The van der Waals surface area contributed by atoms with Crippen LogP contribution in [-0.2, 0) is 10.5 Å². The van der Waals surface area contributed by atoms with Crippen molar-refractivity contribution in [3.8, 4) is 11.5 Å². The summed E-state index contributed by atoms with van der Waals surface area (Å²) in [6.07, 6.45) is 0. The van der Waals surface area contributed by atoms with Crippen LogP contribution in [0.5, 0.6) is 11.5 Å². The zero-order chi connectivity index (χ0) is 18.2. The normalized spacial score (nSPS) is 11.9. The summed E-state index contributed by atoms with van der Waals surface area (Å²) in [5.41, 5.74) is 1.60. The Morgan fingerprint density at radius 1 is 1.16 bits per heavy atom. The van der Waals surface area contributed by atoms with Crippen molar-refractivity contribution in [2.75, 3.05) is 12.4 Å². The smallest absolute Gasteiger partial charge is 0.387 e. The third kappa shape index (κ3) is 5.94.